The van der Waals surface area contributed by atoms with Gasteiger partial charge in [0.2, 0.25) is 0 Å². The van der Waals surface area contributed by atoms with Crippen LogP contribution in [0.2, 0.25) is 0 Å². The number of hydrogen-bond donors (Lipinski definition) is 2. The van der Waals surface area contributed by atoms with Gasteiger partial charge in [-0.05, 0) is 30.3 Å². The van der Waals surface area contributed by atoms with Crippen LogP contribution in [0.3, 0.4) is 0 Å². The van der Waals surface area contributed by atoms with Gasteiger partial charge in [0.05, 0.1) is 10.6 Å². The summed E-state index contributed by atoms with van der Waals surface area (Å²) in [5.41, 5.74) is 5.60. The smallest absolute Gasteiger partial charge is 0.261 e. The van der Waals surface area contributed by atoms with Gasteiger partial charge in [0, 0.05) is 5.69 Å². The van der Waals surface area contributed by atoms with Gasteiger partial charge in [-0.2, -0.15) is 0 Å². The van der Waals surface area contributed by atoms with Gasteiger partial charge in [-0.15, -0.1) is 0 Å². The first-order chi connectivity index (χ1) is 8.49. The molecule has 0 radical (unpaired) electrons. The number of rotatable bonds is 3. The van der Waals surface area contributed by atoms with Crippen molar-refractivity contribution in [1.82, 2.24) is 0 Å². The van der Waals surface area contributed by atoms with E-state index in [1.54, 1.807) is 18.2 Å². The Labute approximate surface area is 104 Å². The summed E-state index contributed by atoms with van der Waals surface area (Å²) in [5, 5.41) is 0. The first-order valence-electron chi connectivity index (χ1n) is 5.12. The van der Waals surface area contributed by atoms with E-state index in [0.29, 0.717) is 0 Å². The molecule has 4 nitrogen and oxygen atoms in total. The lowest BCUT2D eigenvalue weighted by atomic mass is 10.3. The Kier molecular flexibility index (Phi) is 3.20. The summed E-state index contributed by atoms with van der Waals surface area (Å²) >= 11 is 0. The lowest BCUT2D eigenvalue weighted by Crippen LogP contribution is -2.14. The second kappa shape index (κ2) is 4.66. The van der Waals surface area contributed by atoms with E-state index >= 15 is 0 Å². The van der Waals surface area contributed by atoms with E-state index in [9.17, 15) is 12.8 Å². The topological polar surface area (TPSA) is 72.2 Å². The molecule has 0 aliphatic heterocycles. The standard InChI is InChI=1S/C12H11FN2O2S/c13-11-7-6-9(14)8-12(11)15-18(16,17)10-4-2-1-3-5-10/h1-8,15H,14H2. The zero-order valence-electron chi connectivity index (χ0n) is 9.30. The van der Waals surface area contributed by atoms with Crippen molar-refractivity contribution in [3.63, 3.8) is 0 Å². The van der Waals surface area contributed by atoms with Crippen molar-refractivity contribution in [2.24, 2.45) is 0 Å². The molecule has 3 N–H and O–H groups in total. The number of hydrogen-bond acceptors (Lipinski definition) is 3. The molecular formula is C12H11FN2O2S. The quantitative estimate of drug-likeness (QED) is 0.837. The van der Waals surface area contributed by atoms with Crippen LogP contribution in [0, 0.1) is 5.82 Å². The van der Waals surface area contributed by atoms with Crippen molar-refractivity contribution in [3.8, 4) is 0 Å². The van der Waals surface area contributed by atoms with Crippen LogP contribution in [0.25, 0.3) is 0 Å². The van der Waals surface area contributed by atoms with Gasteiger partial charge in [0.15, 0.2) is 0 Å². The van der Waals surface area contributed by atoms with Crippen molar-refractivity contribution in [1.29, 1.82) is 0 Å². The van der Waals surface area contributed by atoms with E-state index in [2.05, 4.69) is 4.72 Å². The van der Waals surface area contributed by atoms with Gasteiger partial charge >= 0.3 is 0 Å². The Hall–Kier alpha value is -2.08. The lowest BCUT2D eigenvalue weighted by Gasteiger charge is -2.09. The van der Waals surface area contributed by atoms with Gasteiger partial charge in [-0.1, -0.05) is 18.2 Å². The predicted octanol–water partition coefficient (Wildman–Crippen LogP) is 2.21. The second-order valence-electron chi connectivity index (χ2n) is 3.66. The molecule has 0 bridgehead atoms. The Bertz CT molecular complexity index is 657. The maximum absolute atomic E-state index is 13.4. The number of nitrogens with one attached hydrogen (secondary N) is 1. The fourth-order valence-electron chi connectivity index (χ4n) is 1.42. The first-order valence-corrected chi connectivity index (χ1v) is 6.60. The summed E-state index contributed by atoms with van der Waals surface area (Å²) in [7, 11) is -3.80. The number of nitrogens with two attached hydrogens (primary N) is 1. The van der Waals surface area contributed by atoms with Crippen LogP contribution in [-0.4, -0.2) is 8.42 Å². The summed E-state index contributed by atoms with van der Waals surface area (Å²) in [4.78, 5) is 0.0619. The van der Waals surface area contributed by atoms with Crippen LogP contribution in [0.5, 0.6) is 0 Å². The number of benzene rings is 2. The highest BCUT2D eigenvalue weighted by molar-refractivity contribution is 7.92. The molecule has 0 aliphatic carbocycles. The Balaban J connectivity index is 2.37. The summed E-state index contributed by atoms with van der Waals surface area (Å²) in [6.07, 6.45) is 0. The minimum absolute atomic E-state index is 0.0619. The molecule has 2 aromatic rings. The average Bonchev–Trinajstić information content (AvgIpc) is 2.35. The van der Waals surface area contributed by atoms with Crippen LogP contribution >= 0.6 is 0 Å². The third-order valence-electron chi connectivity index (χ3n) is 2.29. The predicted molar refractivity (Wildman–Crippen MR) is 68.1 cm³/mol. The van der Waals surface area contributed by atoms with Gasteiger partial charge in [0.1, 0.15) is 5.82 Å². The monoisotopic (exact) mass is 266 g/mol. The van der Waals surface area contributed by atoms with Crippen LogP contribution < -0.4 is 10.5 Å². The summed E-state index contributed by atoms with van der Waals surface area (Å²) in [5.74, 6) is -0.677. The molecule has 0 fully saturated rings. The van der Waals surface area contributed by atoms with Crippen molar-refractivity contribution < 1.29 is 12.8 Å². The number of sulfonamides is 1. The number of anilines is 2. The van der Waals surface area contributed by atoms with E-state index in [1.165, 1.54) is 24.3 Å². The molecule has 94 valence electrons. The van der Waals surface area contributed by atoms with Gasteiger partial charge in [0.25, 0.3) is 10.0 Å². The van der Waals surface area contributed by atoms with Crippen molar-refractivity contribution >= 4 is 21.4 Å². The van der Waals surface area contributed by atoms with Crippen molar-refractivity contribution in [2.75, 3.05) is 10.5 Å². The van der Waals surface area contributed by atoms with Gasteiger partial charge in [-0.25, -0.2) is 12.8 Å². The van der Waals surface area contributed by atoms with Crippen LogP contribution in [0.1, 0.15) is 0 Å². The fourth-order valence-corrected chi connectivity index (χ4v) is 2.50. The first kappa shape index (κ1) is 12.4. The highest BCUT2D eigenvalue weighted by Gasteiger charge is 2.15. The lowest BCUT2D eigenvalue weighted by molar-refractivity contribution is 0.598. The summed E-state index contributed by atoms with van der Waals surface area (Å²) < 4.78 is 39.5. The van der Waals surface area contributed by atoms with E-state index < -0.39 is 15.8 Å². The van der Waals surface area contributed by atoms with Crippen LogP contribution in [-0.2, 0) is 10.0 Å². The van der Waals surface area contributed by atoms with E-state index in [4.69, 9.17) is 5.73 Å². The molecule has 18 heavy (non-hydrogen) atoms. The molecule has 0 heterocycles. The molecule has 0 saturated heterocycles. The van der Waals surface area contributed by atoms with Crippen molar-refractivity contribution in [3.05, 3.63) is 54.3 Å². The maximum Gasteiger partial charge on any atom is 0.261 e. The molecule has 0 spiro atoms. The summed E-state index contributed by atoms with van der Waals surface area (Å²) in [6.45, 7) is 0. The number of nitrogen functional groups attached to an aromatic ring is 1. The molecule has 0 amide bonds. The second-order valence-corrected chi connectivity index (χ2v) is 5.34. The Morgan fingerprint density at radius 1 is 1.06 bits per heavy atom. The number of halogens is 1. The molecule has 0 atom stereocenters. The summed E-state index contributed by atoms with van der Waals surface area (Å²) in [6, 6.07) is 11.4. The molecule has 0 aliphatic rings. The third kappa shape index (κ3) is 2.60. The Morgan fingerprint density at radius 2 is 1.72 bits per heavy atom. The van der Waals surface area contributed by atoms with E-state index in [-0.39, 0.29) is 16.3 Å². The van der Waals surface area contributed by atoms with Gasteiger partial charge < -0.3 is 5.73 Å². The zero-order valence-corrected chi connectivity index (χ0v) is 10.1. The fraction of sp³-hybridized carbons (Fsp3) is 0. The molecule has 6 heteroatoms. The minimum atomic E-state index is -3.80. The highest BCUT2D eigenvalue weighted by atomic mass is 32.2. The van der Waals surface area contributed by atoms with Gasteiger partial charge in [-0.3, -0.25) is 4.72 Å². The largest absolute Gasteiger partial charge is 0.399 e. The highest BCUT2D eigenvalue weighted by Crippen LogP contribution is 2.21. The van der Waals surface area contributed by atoms with E-state index in [0.717, 1.165) is 6.07 Å². The molecule has 2 aromatic carbocycles. The molecule has 0 saturated carbocycles. The maximum atomic E-state index is 13.4. The van der Waals surface area contributed by atoms with E-state index in [1.807, 2.05) is 0 Å². The zero-order chi connectivity index (χ0) is 13.2. The average molecular weight is 266 g/mol. The molecule has 0 aromatic heterocycles. The molecule has 2 rings (SSSR count). The molecular weight excluding hydrogens is 255 g/mol. The van der Waals surface area contributed by atoms with Crippen LogP contribution in [0.4, 0.5) is 15.8 Å². The molecule has 0 unspecified atom stereocenters. The van der Waals surface area contributed by atoms with Crippen LogP contribution in [0.15, 0.2) is 53.4 Å². The minimum Gasteiger partial charge on any atom is -0.399 e. The Morgan fingerprint density at radius 3 is 2.39 bits per heavy atom. The van der Waals surface area contributed by atoms with Crippen molar-refractivity contribution in [2.45, 2.75) is 4.90 Å². The normalized spacial score (nSPS) is 11.2. The SMILES string of the molecule is Nc1ccc(F)c(NS(=O)(=O)c2ccccc2)c1. The third-order valence-corrected chi connectivity index (χ3v) is 3.67.